The van der Waals surface area contributed by atoms with Crippen LogP contribution in [0.15, 0.2) is 42.6 Å². The molecule has 0 unspecified atom stereocenters. The van der Waals surface area contributed by atoms with Crippen LogP contribution in [0.4, 0.5) is 0 Å². The molecule has 2 heterocycles. The quantitative estimate of drug-likeness (QED) is 0.741. The Kier molecular flexibility index (Phi) is 3.25. The van der Waals surface area contributed by atoms with Gasteiger partial charge in [0, 0.05) is 13.2 Å². The lowest BCUT2D eigenvalue weighted by Gasteiger charge is -2.01. The molecule has 0 fully saturated rings. The fraction of sp³-hybridized carbons (Fsp3) is 0.200. The van der Waals surface area contributed by atoms with Gasteiger partial charge in [0.2, 0.25) is 0 Å². The Bertz CT molecular complexity index is 704. The molecule has 4 heteroatoms. The maximum absolute atomic E-state index is 4.70. The Morgan fingerprint density at radius 2 is 2.11 bits per heavy atom. The maximum Gasteiger partial charge on any atom is 0.159 e. The van der Waals surface area contributed by atoms with Gasteiger partial charge in [0.25, 0.3) is 0 Å². The third-order valence-electron chi connectivity index (χ3n) is 3.24. The van der Waals surface area contributed by atoms with Crippen molar-refractivity contribution in [2.75, 3.05) is 5.75 Å². The second kappa shape index (κ2) is 5.05. The van der Waals surface area contributed by atoms with E-state index < -0.39 is 0 Å². The van der Waals surface area contributed by atoms with E-state index in [-0.39, 0.29) is 0 Å². The van der Waals surface area contributed by atoms with Gasteiger partial charge in [-0.1, -0.05) is 12.1 Å². The van der Waals surface area contributed by atoms with E-state index in [2.05, 4.69) is 40.4 Å². The predicted molar refractivity (Wildman–Crippen MR) is 81.5 cm³/mol. The van der Waals surface area contributed by atoms with Gasteiger partial charge in [0.15, 0.2) is 5.82 Å². The molecule has 0 atom stereocenters. The number of aromatic nitrogens is 3. The van der Waals surface area contributed by atoms with Crippen LogP contribution in [0.3, 0.4) is 0 Å². The van der Waals surface area contributed by atoms with Crippen LogP contribution < -0.4 is 0 Å². The van der Waals surface area contributed by atoms with Crippen molar-refractivity contribution in [1.29, 1.82) is 0 Å². The number of hydrogen-bond donors (Lipinski definition) is 1. The molecule has 3 aromatic rings. The second-order valence-electron chi connectivity index (χ2n) is 4.51. The lowest BCUT2D eigenvalue weighted by molar-refractivity contribution is 0.950. The van der Waals surface area contributed by atoms with E-state index in [4.69, 9.17) is 4.98 Å². The molecule has 96 valence electrons. The van der Waals surface area contributed by atoms with Gasteiger partial charge in [-0.05, 0) is 42.0 Å². The Labute approximate surface area is 117 Å². The number of hydrogen-bond acceptors (Lipinski definition) is 3. The minimum Gasteiger partial charge on any atom is -0.326 e. The predicted octanol–water partition coefficient (Wildman–Crippen LogP) is 3.11. The molecule has 0 N–H and O–H groups in total. The van der Waals surface area contributed by atoms with Crippen molar-refractivity contribution in [1.82, 2.24) is 14.5 Å². The van der Waals surface area contributed by atoms with Crippen molar-refractivity contribution in [2.45, 2.75) is 6.42 Å². The highest BCUT2D eigenvalue weighted by Gasteiger charge is 2.10. The summed E-state index contributed by atoms with van der Waals surface area (Å²) in [4.78, 5) is 9.07. The Morgan fingerprint density at radius 1 is 1.21 bits per heavy atom. The van der Waals surface area contributed by atoms with Crippen molar-refractivity contribution in [3.63, 3.8) is 0 Å². The summed E-state index contributed by atoms with van der Waals surface area (Å²) >= 11 is 4.27. The molecule has 0 aliphatic rings. The van der Waals surface area contributed by atoms with E-state index in [0.717, 1.165) is 34.7 Å². The van der Waals surface area contributed by atoms with E-state index in [0.29, 0.717) is 0 Å². The smallest absolute Gasteiger partial charge is 0.159 e. The van der Waals surface area contributed by atoms with Crippen LogP contribution in [0, 0.1) is 0 Å². The zero-order valence-corrected chi connectivity index (χ0v) is 11.6. The van der Waals surface area contributed by atoms with Gasteiger partial charge >= 0.3 is 0 Å². The van der Waals surface area contributed by atoms with E-state index in [1.54, 1.807) is 6.20 Å². The molecule has 1 aromatic carbocycles. The molecule has 2 aromatic heterocycles. The number of aryl methyl sites for hydroxylation is 2. The standard InChI is InChI=1S/C15H15N3S/c1-18-14-6-5-11(7-9-19)10-13(14)17-15(18)12-4-2-3-8-16-12/h2-6,8,10,19H,7,9H2,1H3. The Hall–Kier alpha value is -1.81. The van der Waals surface area contributed by atoms with Gasteiger partial charge in [-0.15, -0.1) is 0 Å². The third-order valence-corrected chi connectivity index (χ3v) is 3.46. The molecule has 3 nitrogen and oxygen atoms in total. The van der Waals surface area contributed by atoms with Crippen LogP contribution in [0.5, 0.6) is 0 Å². The minimum absolute atomic E-state index is 0.853. The first-order valence-electron chi connectivity index (χ1n) is 6.27. The summed E-state index contributed by atoms with van der Waals surface area (Å²) in [6.07, 6.45) is 2.76. The molecular formula is C15H15N3S. The lowest BCUT2D eigenvalue weighted by Crippen LogP contribution is -1.94. The van der Waals surface area contributed by atoms with Crippen LogP contribution in [0.25, 0.3) is 22.6 Å². The lowest BCUT2D eigenvalue weighted by atomic mass is 10.1. The largest absolute Gasteiger partial charge is 0.326 e. The van der Waals surface area contributed by atoms with Gasteiger partial charge in [-0.25, -0.2) is 4.98 Å². The number of benzene rings is 1. The topological polar surface area (TPSA) is 30.7 Å². The summed E-state index contributed by atoms with van der Waals surface area (Å²) in [6.45, 7) is 0. The van der Waals surface area contributed by atoms with Gasteiger partial charge in [-0.3, -0.25) is 4.98 Å². The zero-order valence-electron chi connectivity index (χ0n) is 10.7. The Balaban J connectivity index is 2.14. The van der Waals surface area contributed by atoms with Gasteiger partial charge in [0.05, 0.1) is 11.0 Å². The third kappa shape index (κ3) is 2.24. The first-order valence-corrected chi connectivity index (χ1v) is 6.90. The molecule has 0 radical (unpaired) electrons. The highest BCUT2D eigenvalue weighted by molar-refractivity contribution is 7.80. The molecule has 3 rings (SSSR count). The zero-order chi connectivity index (χ0) is 13.2. The highest BCUT2D eigenvalue weighted by Crippen LogP contribution is 2.23. The average Bonchev–Trinajstić information content (AvgIpc) is 2.77. The van der Waals surface area contributed by atoms with Gasteiger partial charge < -0.3 is 4.57 Å². The van der Waals surface area contributed by atoms with E-state index >= 15 is 0 Å². The van der Waals surface area contributed by atoms with Crippen molar-refractivity contribution in [2.24, 2.45) is 7.05 Å². The minimum atomic E-state index is 0.853. The molecule has 0 amide bonds. The molecular weight excluding hydrogens is 254 g/mol. The number of imidazole rings is 1. The molecule has 0 aliphatic carbocycles. The van der Waals surface area contributed by atoms with E-state index in [1.807, 2.05) is 25.2 Å². The number of fused-ring (bicyclic) bond motifs is 1. The maximum atomic E-state index is 4.70. The fourth-order valence-electron chi connectivity index (χ4n) is 2.25. The molecule has 0 bridgehead atoms. The average molecular weight is 269 g/mol. The molecule has 0 saturated carbocycles. The summed E-state index contributed by atoms with van der Waals surface area (Å²) in [7, 11) is 2.03. The summed E-state index contributed by atoms with van der Waals surface area (Å²) in [5, 5.41) is 0. The number of thiol groups is 1. The summed E-state index contributed by atoms with van der Waals surface area (Å²) < 4.78 is 2.09. The molecule has 0 aliphatic heterocycles. The Morgan fingerprint density at radius 3 is 2.84 bits per heavy atom. The molecule has 0 spiro atoms. The molecule has 19 heavy (non-hydrogen) atoms. The van der Waals surface area contributed by atoms with Crippen molar-refractivity contribution in [3.05, 3.63) is 48.2 Å². The normalized spacial score (nSPS) is 11.1. The summed E-state index contributed by atoms with van der Waals surface area (Å²) in [6, 6.07) is 12.3. The van der Waals surface area contributed by atoms with Crippen LogP contribution in [0.1, 0.15) is 5.56 Å². The first kappa shape index (κ1) is 12.2. The highest BCUT2D eigenvalue weighted by atomic mass is 32.1. The summed E-state index contributed by atoms with van der Waals surface area (Å²) in [5.74, 6) is 1.75. The number of rotatable bonds is 3. The van der Waals surface area contributed by atoms with Crippen LogP contribution in [-0.4, -0.2) is 20.3 Å². The van der Waals surface area contributed by atoms with Crippen LogP contribution >= 0.6 is 12.6 Å². The summed E-state index contributed by atoms with van der Waals surface area (Å²) in [5.41, 5.74) is 4.32. The van der Waals surface area contributed by atoms with Crippen molar-refractivity contribution >= 4 is 23.7 Å². The monoisotopic (exact) mass is 269 g/mol. The SMILES string of the molecule is Cn1c(-c2ccccn2)nc2cc(CCS)ccc21. The van der Waals surface area contributed by atoms with Crippen LogP contribution in [-0.2, 0) is 13.5 Å². The van der Waals surface area contributed by atoms with E-state index in [1.165, 1.54) is 5.56 Å². The second-order valence-corrected chi connectivity index (χ2v) is 4.95. The van der Waals surface area contributed by atoms with Crippen LogP contribution in [0.2, 0.25) is 0 Å². The van der Waals surface area contributed by atoms with Gasteiger partial charge in [-0.2, -0.15) is 12.6 Å². The van der Waals surface area contributed by atoms with Gasteiger partial charge in [0.1, 0.15) is 5.69 Å². The number of nitrogens with zero attached hydrogens (tertiary/aromatic N) is 3. The van der Waals surface area contributed by atoms with Crippen molar-refractivity contribution < 1.29 is 0 Å². The van der Waals surface area contributed by atoms with E-state index in [9.17, 15) is 0 Å². The van der Waals surface area contributed by atoms with Crippen molar-refractivity contribution in [3.8, 4) is 11.5 Å². The number of pyridine rings is 1. The molecule has 0 saturated heterocycles. The fourth-order valence-corrected chi connectivity index (χ4v) is 2.51. The first-order chi connectivity index (χ1) is 9.29.